The Morgan fingerprint density at radius 1 is 1.43 bits per heavy atom. The number of carbonyl (C=O) groups excluding carboxylic acids is 1. The molecule has 1 aromatic heterocycles. The molecule has 0 aliphatic carbocycles. The minimum Gasteiger partial charge on any atom is -0.459 e. The molecule has 0 spiro atoms. The molecular weight excluding hydrogens is 334 g/mol. The molecule has 0 aliphatic rings. The molecule has 1 atom stereocenters. The van der Waals surface area contributed by atoms with Crippen molar-refractivity contribution in [2.24, 2.45) is 5.73 Å². The van der Waals surface area contributed by atoms with Crippen molar-refractivity contribution in [2.45, 2.75) is 12.5 Å². The Labute approximate surface area is 132 Å². The van der Waals surface area contributed by atoms with Crippen LogP contribution in [-0.4, -0.2) is 38.0 Å². The fraction of sp³-hybridized carbons (Fsp3) is 0.400. The molecule has 2 aromatic rings. The number of carbonyl (C=O) groups is 1. The second kappa shape index (κ2) is 6.17. The number of nitrogens with one attached hydrogen (secondary N) is 1. The van der Waals surface area contributed by atoms with Gasteiger partial charge in [0.2, 0.25) is 5.91 Å². The van der Waals surface area contributed by atoms with Crippen LogP contribution in [-0.2, 0) is 10.3 Å². The van der Waals surface area contributed by atoms with Crippen LogP contribution in [0.3, 0.4) is 0 Å². The summed E-state index contributed by atoms with van der Waals surface area (Å²) in [4.78, 5) is 13.9. The molecule has 0 aliphatic heterocycles. The number of benzene rings is 1. The van der Waals surface area contributed by atoms with Gasteiger partial charge in [-0.2, -0.15) is 0 Å². The highest BCUT2D eigenvalue weighted by Crippen LogP contribution is 2.29. The Morgan fingerprint density at radius 3 is 2.76 bits per heavy atom. The monoisotopic (exact) mass is 353 g/mol. The number of hydrogen-bond acceptors (Lipinski definition) is 4. The van der Waals surface area contributed by atoms with E-state index >= 15 is 0 Å². The second-order valence-electron chi connectivity index (χ2n) is 5.51. The zero-order valence-electron chi connectivity index (χ0n) is 12.4. The van der Waals surface area contributed by atoms with E-state index < -0.39 is 11.4 Å². The number of nitrogens with zero attached hydrogens (tertiary/aromatic N) is 1. The molecule has 114 valence electrons. The van der Waals surface area contributed by atoms with Crippen LogP contribution >= 0.6 is 15.9 Å². The van der Waals surface area contributed by atoms with E-state index in [1.165, 1.54) is 0 Å². The molecule has 0 bridgehead atoms. The Kier molecular flexibility index (Phi) is 4.70. The van der Waals surface area contributed by atoms with Crippen LogP contribution in [0.1, 0.15) is 12.7 Å². The summed E-state index contributed by atoms with van der Waals surface area (Å²) < 4.78 is 6.77. The van der Waals surface area contributed by atoms with Gasteiger partial charge in [-0.3, -0.25) is 10.1 Å². The summed E-state index contributed by atoms with van der Waals surface area (Å²) in [6, 6.07) is 7.57. The molecule has 0 saturated carbocycles. The van der Waals surface area contributed by atoms with Gasteiger partial charge in [-0.25, -0.2) is 0 Å². The van der Waals surface area contributed by atoms with Crippen molar-refractivity contribution in [3.05, 3.63) is 34.5 Å². The first-order chi connectivity index (χ1) is 9.83. The first-order valence-corrected chi connectivity index (χ1v) is 7.51. The van der Waals surface area contributed by atoms with Crippen molar-refractivity contribution in [3.63, 3.8) is 0 Å². The highest BCUT2D eigenvalue weighted by Gasteiger charge is 2.36. The number of likely N-dealkylation sites (N-methyl/N-ethyl adjacent to an activating group) is 1. The number of hydrogen-bond donors (Lipinski definition) is 2. The van der Waals surface area contributed by atoms with E-state index in [1.807, 2.05) is 43.3 Å². The van der Waals surface area contributed by atoms with Crippen LogP contribution in [0.25, 0.3) is 11.0 Å². The largest absolute Gasteiger partial charge is 0.459 e. The third kappa shape index (κ3) is 3.45. The first-order valence-electron chi connectivity index (χ1n) is 6.72. The lowest BCUT2D eigenvalue weighted by molar-refractivity contribution is -0.124. The molecule has 0 saturated heterocycles. The third-order valence-electron chi connectivity index (χ3n) is 3.50. The quantitative estimate of drug-likeness (QED) is 0.833. The molecule has 1 heterocycles. The van der Waals surface area contributed by atoms with Crippen molar-refractivity contribution in [1.82, 2.24) is 10.2 Å². The van der Waals surface area contributed by atoms with E-state index in [-0.39, 0.29) is 0 Å². The summed E-state index contributed by atoms with van der Waals surface area (Å²) in [6.07, 6.45) is 0. The van der Waals surface area contributed by atoms with Crippen LogP contribution < -0.4 is 11.1 Å². The van der Waals surface area contributed by atoms with Crippen molar-refractivity contribution >= 4 is 32.8 Å². The molecule has 6 heteroatoms. The SMILES string of the molecule is CN(C)CCNC(C)(C(N)=O)c1cc2cc(Br)ccc2o1. The number of amides is 1. The lowest BCUT2D eigenvalue weighted by atomic mass is 9.97. The molecule has 0 fully saturated rings. The lowest BCUT2D eigenvalue weighted by Crippen LogP contribution is -2.51. The van der Waals surface area contributed by atoms with Crippen molar-refractivity contribution in [2.75, 3.05) is 27.2 Å². The van der Waals surface area contributed by atoms with Crippen LogP contribution in [0.4, 0.5) is 0 Å². The van der Waals surface area contributed by atoms with Gasteiger partial charge in [0.15, 0.2) is 5.54 Å². The number of fused-ring (bicyclic) bond motifs is 1. The summed E-state index contributed by atoms with van der Waals surface area (Å²) in [7, 11) is 3.95. The van der Waals surface area contributed by atoms with Gasteiger partial charge in [0.25, 0.3) is 0 Å². The fourth-order valence-electron chi connectivity index (χ4n) is 2.09. The Morgan fingerprint density at radius 2 is 2.14 bits per heavy atom. The Bertz CT molecular complexity index is 653. The number of rotatable bonds is 6. The lowest BCUT2D eigenvalue weighted by Gasteiger charge is -2.26. The molecule has 21 heavy (non-hydrogen) atoms. The summed E-state index contributed by atoms with van der Waals surface area (Å²) in [5.41, 5.74) is 5.29. The standard InChI is InChI=1S/C15H20BrN3O2/c1-15(14(17)20,18-6-7-19(2)3)13-9-10-8-11(16)4-5-12(10)21-13/h4-5,8-9,18H,6-7H2,1-3H3,(H2,17,20). The van der Waals surface area contributed by atoms with E-state index in [2.05, 4.69) is 21.2 Å². The van der Waals surface area contributed by atoms with Gasteiger partial charge < -0.3 is 15.1 Å². The zero-order valence-corrected chi connectivity index (χ0v) is 14.0. The van der Waals surface area contributed by atoms with E-state index in [1.54, 1.807) is 6.92 Å². The molecule has 0 radical (unpaired) electrons. The summed E-state index contributed by atoms with van der Waals surface area (Å²) >= 11 is 3.42. The second-order valence-corrected chi connectivity index (χ2v) is 6.43. The molecule has 1 aromatic carbocycles. The van der Waals surface area contributed by atoms with Crippen LogP contribution in [0.15, 0.2) is 33.2 Å². The minimum absolute atomic E-state index is 0.459. The minimum atomic E-state index is -1.03. The highest BCUT2D eigenvalue weighted by molar-refractivity contribution is 9.10. The van der Waals surface area contributed by atoms with Gasteiger partial charge in [0, 0.05) is 22.9 Å². The van der Waals surface area contributed by atoms with E-state index in [0.29, 0.717) is 12.3 Å². The maximum atomic E-state index is 11.9. The number of primary amides is 1. The van der Waals surface area contributed by atoms with Crippen LogP contribution in [0, 0.1) is 0 Å². The molecule has 3 N–H and O–H groups in total. The van der Waals surface area contributed by atoms with Crippen molar-refractivity contribution in [1.29, 1.82) is 0 Å². The number of nitrogens with two attached hydrogens (primary N) is 1. The van der Waals surface area contributed by atoms with Gasteiger partial charge in [-0.15, -0.1) is 0 Å². The normalized spacial score (nSPS) is 14.5. The molecule has 1 amide bonds. The summed E-state index contributed by atoms with van der Waals surface area (Å²) in [6.45, 7) is 3.18. The summed E-state index contributed by atoms with van der Waals surface area (Å²) in [5, 5.41) is 4.13. The highest BCUT2D eigenvalue weighted by atomic mass is 79.9. The average molecular weight is 354 g/mol. The van der Waals surface area contributed by atoms with Crippen molar-refractivity contribution < 1.29 is 9.21 Å². The fourth-order valence-corrected chi connectivity index (χ4v) is 2.46. The van der Waals surface area contributed by atoms with Gasteiger partial charge in [-0.1, -0.05) is 15.9 Å². The maximum absolute atomic E-state index is 11.9. The smallest absolute Gasteiger partial charge is 0.245 e. The third-order valence-corrected chi connectivity index (χ3v) is 3.99. The molecule has 1 unspecified atom stereocenters. The Balaban J connectivity index is 2.32. The summed E-state index contributed by atoms with van der Waals surface area (Å²) in [5.74, 6) is 0.0706. The first kappa shape index (κ1) is 16.0. The van der Waals surface area contributed by atoms with Crippen LogP contribution in [0.5, 0.6) is 0 Å². The zero-order chi connectivity index (χ0) is 15.6. The number of halogens is 1. The maximum Gasteiger partial charge on any atom is 0.245 e. The van der Waals surface area contributed by atoms with E-state index in [0.717, 1.165) is 22.0 Å². The molecule has 2 rings (SSSR count). The van der Waals surface area contributed by atoms with Gasteiger partial charge in [-0.05, 0) is 45.3 Å². The van der Waals surface area contributed by atoms with Gasteiger partial charge >= 0.3 is 0 Å². The average Bonchev–Trinajstić information content (AvgIpc) is 2.81. The van der Waals surface area contributed by atoms with E-state index in [9.17, 15) is 4.79 Å². The molecular formula is C15H20BrN3O2. The Hall–Kier alpha value is -1.37. The topological polar surface area (TPSA) is 71.5 Å². The predicted octanol–water partition coefficient (Wildman–Crippen LogP) is 2.05. The van der Waals surface area contributed by atoms with Crippen LogP contribution in [0.2, 0.25) is 0 Å². The molecule has 5 nitrogen and oxygen atoms in total. The van der Waals surface area contributed by atoms with Gasteiger partial charge in [0.1, 0.15) is 11.3 Å². The van der Waals surface area contributed by atoms with Crippen molar-refractivity contribution in [3.8, 4) is 0 Å². The predicted molar refractivity (Wildman–Crippen MR) is 87.0 cm³/mol. The van der Waals surface area contributed by atoms with Gasteiger partial charge in [0.05, 0.1) is 0 Å². The van der Waals surface area contributed by atoms with E-state index in [4.69, 9.17) is 10.2 Å². The number of furan rings is 1.